The minimum Gasteiger partial charge on any atom is -0.504 e. The number of aliphatic hydroxyl groups is 1. The van der Waals surface area contributed by atoms with Gasteiger partial charge in [0.1, 0.15) is 12.1 Å². The highest BCUT2D eigenvalue weighted by Crippen LogP contribution is 2.14. The fraction of sp³-hybridized carbons (Fsp3) is 0.0667. The Morgan fingerprint density at radius 3 is 2.91 bits per heavy atom. The van der Waals surface area contributed by atoms with E-state index in [2.05, 4.69) is 20.2 Å². The van der Waals surface area contributed by atoms with Gasteiger partial charge in [-0.3, -0.25) is 14.9 Å². The summed E-state index contributed by atoms with van der Waals surface area (Å²) in [6.07, 6.45) is 4.46. The Labute approximate surface area is 125 Å². The van der Waals surface area contributed by atoms with Crippen molar-refractivity contribution in [2.75, 3.05) is 0 Å². The van der Waals surface area contributed by atoms with Gasteiger partial charge in [0.2, 0.25) is 5.78 Å². The number of aromatic nitrogens is 4. The van der Waals surface area contributed by atoms with E-state index >= 15 is 0 Å². The monoisotopic (exact) mass is 296 g/mol. The number of aliphatic hydroxyl groups excluding tert-OH is 1. The van der Waals surface area contributed by atoms with Crippen molar-refractivity contribution in [2.45, 2.75) is 6.42 Å². The summed E-state index contributed by atoms with van der Waals surface area (Å²) in [4.78, 5) is 20.0. The highest BCUT2D eigenvalue weighted by molar-refractivity contribution is 6.05. The number of carbonyl (C=O) groups excluding carboxylic acids is 1. The molecule has 0 aliphatic carbocycles. The molecular formula is C15H12N4O3. The van der Waals surface area contributed by atoms with E-state index < -0.39 is 5.78 Å². The number of hydrogen-bond acceptors (Lipinski definition) is 6. The zero-order chi connectivity index (χ0) is 15.4. The number of aromatic amines is 1. The number of carbonyl (C=O) groups is 1. The molecule has 0 saturated heterocycles. The first-order valence-corrected chi connectivity index (χ1v) is 6.52. The van der Waals surface area contributed by atoms with Crippen LogP contribution in [0.2, 0.25) is 0 Å². The van der Waals surface area contributed by atoms with Crippen molar-refractivity contribution in [2.24, 2.45) is 0 Å². The lowest BCUT2D eigenvalue weighted by molar-refractivity contribution is 0.101. The van der Waals surface area contributed by atoms with Gasteiger partial charge < -0.3 is 9.52 Å². The summed E-state index contributed by atoms with van der Waals surface area (Å²) < 4.78 is 5.48. The van der Waals surface area contributed by atoms with Crippen LogP contribution in [0.25, 0.3) is 5.76 Å². The van der Waals surface area contributed by atoms with E-state index in [0.717, 1.165) is 11.8 Å². The number of rotatable bonds is 5. The van der Waals surface area contributed by atoms with Crippen molar-refractivity contribution in [3.63, 3.8) is 0 Å². The summed E-state index contributed by atoms with van der Waals surface area (Å²) in [5.74, 6) is 0.117. The molecule has 7 heteroatoms. The Hall–Kier alpha value is -3.22. The topological polar surface area (TPSA) is 105 Å². The summed E-state index contributed by atoms with van der Waals surface area (Å²) in [6.45, 7) is 0. The molecule has 22 heavy (non-hydrogen) atoms. The minimum absolute atomic E-state index is 0.119. The van der Waals surface area contributed by atoms with Crippen LogP contribution in [-0.4, -0.2) is 31.1 Å². The maximum Gasteiger partial charge on any atom is 0.224 e. The number of furan rings is 1. The molecule has 3 aromatic rings. The molecule has 7 nitrogen and oxygen atoms in total. The van der Waals surface area contributed by atoms with Crippen molar-refractivity contribution in [3.8, 4) is 0 Å². The number of ketones is 1. The van der Waals surface area contributed by atoms with E-state index in [1.54, 1.807) is 18.3 Å². The minimum atomic E-state index is -0.457. The predicted octanol–water partition coefficient (Wildman–Crippen LogP) is 2.17. The Balaban J connectivity index is 1.73. The summed E-state index contributed by atoms with van der Waals surface area (Å²) >= 11 is 0. The zero-order valence-electron chi connectivity index (χ0n) is 11.4. The van der Waals surface area contributed by atoms with Gasteiger partial charge in [0.25, 0.3) is 0 Å². The summed E-state index contributed by atoms with van der Waals surface area (Å²) in [5, 5.41) is 15.8. The van der Waals surface area contributed by atoms with E-state index in [1.807, 2.05) is 18.2 Å². The molecule has 0 radical (unpaired) electrons. The van der Waals surface area contributed by atoms with Crippen LogP contribution in [-0.2, 0) is 6.42 Å². The predicted molar refractivity (Wildman–Crippen MR) is 77.1 cm³/mol. The average molecular weight is 296 g/mol. The lowest BCUT2D eigenvalue weighted by Gasteiger charge is -1.96. The van der Waals surface area contributed by atoms with Gasteiger partial charge in [-0.15, -0.1) is 0 Å². The molecule has 0 aliphatic heterocycles. The second kappa shape index (κ2) is 6.04. The highest BCUT2D eigenvalue weighted by Gasteiger charge is 2.12. The van der Waals surface area contributed by atoms with Crippen LogP contribution in [0.4, 0.5) is 0 Å². The number of nitrogens with zero attached hydrogens (tertiary/aromatic N) is 3. The normalized spacial score (nSPS) is 11.5. The number of pyridine rings is 1. The molecule has 3 heterocycles. The molecule has 3 rings (SSSR count). The molecule has 0 unspecified atom stereocenters. The third-order valence-electron chi connectivity index (χ3n) is 2.91. The molecule has 110 valence electrons. The fourth-order valence-corrected chi connectivity index (χ4v) is 1.88. The van der Waals surface area contributed by atoms with Crippen LogP contribution >= 0.6 is 0 Å². The van der Waals surface area contributed by atoms with Crippen molar-refractivity contribution in [1.29, 1.82) is 0 Å². The van der Waals surface area contributed by atoms with E-state index in [-0.39, 0.29) is 17.3 Å². The third kappa shape index (κ3) is 3.09. The Morgan fingerprint density at radius 1 is 1.27 bits per heavy atom. The smallest absolute Gasteiger partial charge is 0.224 e. The van der Waals surface area contributed by atoms with Gasteiger partial charge in [-0.05, 0) is 24.3 Å². The summed E-state index contributed by atoms with van der Waals surface area (Å²) in [7, 11) is 0. The van der Waals surface area contributed by atoms with Crippen LogP contribution in [0.15, 0.2) is 53.3 Å². The zero-order valence-corrected chi connectivity index (χ0v) is 11.4. The maximum atomic E-state index is 12.0. The molecule has 0 fully saturated rings. The molecular weight excluding hydrogens is 284 g/mol. The quantitative estimate of drug-likeness (QED) is 0.424. The molecule has 0 spiro atoms. The molecule has 0 aromatic carbocycles. The van der Waals surface area contributed by atoms with Crippen LogP contribution in [0.3, 0.4) is 0 Å². The number of hydrogen-bond donors (Lipinski definition) is 2. The van der Waals surface area contributed by atoms with Crippen LogP contribution in [0.5, 0.6) is 0 Å². The molecule has 0 aliphatic rings. The van der Waals surface area contributed by atoms with Gasteiger partial charge >= 0.3 is 0 Å². The second-order valence-electron chi connectivity index (χ2n) is 4.49. The highest BCUT2D eigenvalue weighted by atomic mass is 16.3. The molecule has 0 bridgehead atoms. The van der Waals surface area contributed by atoms with Crippen molar-refractivity contribution in [1.82, 2.24) is 20.2 Å². The molecule has 3 aromatic heterocycles. The Kier molecular flexibility index (Phi) is 3.78. The first kappa shape index (κ1) is 13.7. The van der Waals surface area contributed by atoms with E-state index in [1.165, 1.54) is 6.33 Å². The lowest BCUT2D eigenvalue weighted by Crippen LogP contribution is -1.96. The van der Waals surface area contributed by atoms with Gasteiger partial charge in [0.05, 0.1) is 0 Å². The fourth-order valence-electron chi connectivity index (χ4n) is 1.88. The van der Waals surface area contributed by atoms with Crippen LogP contribution in [0.1, 0.15) is 27.8 Å². The van der Waals surface area contributed by atoms with Crippen molar-refractivity contribution in [3.05, 3.63) is 72.0 Å². The largest absolute Gasteiger partial charge is 0.504 e. The van der Waals surface area contributed by atoms with Crippen LogP contribution in [0, 0.1) is 0 Å². The number of nitrogens with one attached hydrogen (secondary N) is 1. The van der Waals surface area contributed by atoms with Gasteiger partial charge in [0, 0.05) is 24.4 Å². The summed E-state index contributed by atoms with van der Waals surface area (Å²) in [5.41, 5.74) is 0.843. The number of H-pyrrole nitrogens is 1. The average Bonchev–Trinajstić information content (AvgIpc) is 3.19. The van der Waals surface area contributed by atoms with Crippen molar-refractivity contribution >= 4 is 11.5 Å². The van der Waals surface area contributed by atoms with E-state index in [4.69, 9.17) is 4.42 Å². The second-order valence-corrected chi connectivity index (χ2v) is 4.49. The van der Waals surface area contributed by atoms with Gasteiger partial charge in [0.15, 0.2) is 17.3 Å². The maximum absolute atomic E-state index is 12.0. The van der Waals surface area contributed by atoms with Crippen LogP contribution < -0.4 is 0 Å². The Morgan fingerprint density at radius 2 is 2.18 bits per heavy atom. The first-order chi connectivity index (χ1) is 10.7. The standard InChI is InChI=1S/C15H12N4O3/c20-12(8-13(21)15-17-9-18-19-15)14-5-4-11(22-14)7-10-3-1-2-6-16-10/h1-6,8-9,21H,7H2,(H,17,18,19). The van der Waals surface area contributed by atoms with E-state index in [9.17, 15) is 9.90 Å². The molecule has 0 amide bonds. The molecule has 0 saturated carbocycles. The van der Waals surface area contributed by atoms with E-state index in [0.29, 0.717) is 12.2 Å². The van der Waals surface area contributed by atoms with Gasteiger partial charge in [-0.2, -0.15) is 5.10 Å². The number of allylic oxidation sites excluding steroid dienone is 1. The van der Waals surface area contributed by atoms with Crippen molar-refractivity contribution < 1.29 is 14.3 Å². The lowest BCUT2D eigenvalue weighted by atomic mass is 10.2. The summed E-state index contributed by atoms with van der Waals surface area (Å²) in [6, 6.07) is 8.86. The van der Waals surface area contributed by atoms with Gasteiger partial charge in [-0.25, -0.2) is 4.98 Å². The molecule has 2 N–H and O–H groups in total. The third-order valence-corrected chi connectivity index (χ3v) is 2.91. The first-order valence-electron chi connectivity index (χ1n) is 6.52. The van der Waals surface area contributed by atoms with Gasteiger partial charge in [-0.1, -0.05) is 6.07 Å². The SMILES string of the molecule is O=C(C=C(O)c1ncn[nH]1)c1ccc(Cc2ccccn2)o1. The Bertz CT molecular complexity index is 791. The molecule has 0 atom stereocenters.